The summed E-state index contributed by atoms with van der Waals surface area (Å²) < 4.78 is 51.1. The molecular formula is C19H19F3N2O3. The molecule has 2 aromatic carbocycles. The molecule has 5 nitrogen and oxygen atoms in total. The number of carbonyl (C=O) groups is 1. The number of anilines is 2. The third kappa shape index (κ3) is 4.33. The molecule has 8 heteroatoms. The molecule has 144 valence electrons. The molecule has 0 unspecified atom stereocenters. The first-order chi connectivity index (χ1) is 12.9. The SMILES string of the molecule is COc1ccccc1C(=O)Nc1ccc(N2CCOCC2)cc1C(F)(F)F. The first-order valence-corrected chi connectivity index (χ1v) is 8.38. The Kier molecular flexibility index (Phi) is 5.55. The first-order valence-electron chi connectivity index (χ1n) is 8.38. The number of carbonyl (C=O) groups excluding carboxylic acids is 1. The van der Waals surface area contributed by atoms with Crippen molar-refractivity contribution in [3.05, 3.63) is 53.6 Å². The van der Waals surface area contributed by atoms with Gasteiger partial charge < -0.3 is 19.7 Å². The number of amides is 1. The number of nitrogens with zero attached hydrogens (tertiary/aromatic N) is 1. The number of alkyl halides is 3. The van der Waals surface area contributed by atoms with Crippen molar-refractivity contribution in [2.45, 2.75) is 6.18 Å². The van der Waals surface area contributed by atoms with Gasteiger partial charge >= 0.3 is 6.18 Å². The van der Waals surface area contributed by atoms with Crippen LogP contribution in [0.3, 0.4) is 0 Å². The van der Waals surface area contributed by atoms with Crippen LogP contribution in [0.4, 0.5) is 24.5 Å². The molecule has 1 saturated heterocycles. The second kappa shape index (κ2) is 7.87. The Morgan fingerprint density at radius 1 is 1.15 bits per heavy atom. The van der Waals surface area contributed by atoms with Crippen molar-refractivity contribution >= 4 is 17.3 Å². The van der Waals surface area contributed by atoms with Gasteiger partial charge in [-0.25, -0.2) is 0 Å². The lowest BCUT2D eigenvalue weighted by Crippen LogP contribution is -2.36. The summed E-state index contributed by atoms with van der Waals surface area (Å²) in [6, 6.07) is 10.3. The van der Waals surface area contributed by atoms with E-state index in [9.17, 15) is 18.0 Å². The van der Waals surface area contributed by atoms with Crippen LogP contribution in [0.1, 0.15) is 15.9 Å². The quantitative estimate of drug-likeness (QED) is 0.877. The van der Waals surface area contributed by atoms with E-state index in [4.69, 9.17) is 9.47 Å². The number of halogens is 3. The molecule has 0 aliphatic carbocycles. The lowest BCUT2D eigenvalue weighted by atomic mass is 10.1. The highest BCUT2D eigenvalue weighted by atomic mass is 19.4. The van der Waals surface area contributed by atoms with Crippen LogP contribution in [-0.4, -0.2) is 39.3 Å². The van der Waals surface area contributed by atoms with Crippen molar-refractivity contribution < 1.29 is 27.4 Å². The van der Waals surface area contributed by atoms with Crippen LogP contribution in [0.2, 0.25) is 0 Å². The monoisotopic (exact) mass is 380 g/mol. The third-order valence-electron chi connectivity index (χ3n) is 4.28. The van der Waals surface area contributed by atoms with Gasteiger partial charge in [-0.2, -0.15) is 13.2 Å². The number of nitrogens with one attached hydrogen (secondary N) is 1. The molecule has 1 amide bonds. The Morgan fingerprint density at radius 3 is 2.52 bits per heavy atom. The maximum absolute atomic E-state index is 13.6. The summed E-state index contributed by atoms with van der Waals surface area (Å²) in [6.45, 7) is 1.97. The molecule has 0 bridgehead atoms. The van der Waals surface area contributed by atoms with Crippen LogP contribution in [-0.2, 0) is 10.9 Å². The van der Waals surface area contributed by atoms with Gasteiger partial charge in [-0.1, -0.05) is 12.1 Å². The highest BCUT2D eigenvalue weighted by Gasteiger charge is 2.35. The molecule has 0 saturated carbocycles. The zero-order valence-electron chi connectivity index (χ0n) is 14.7. The Hall–Kier alpha value is -2.74. The Balaban J connectivity index is 1.91. The van der Waals surface area contributed by atoms with Crippen LogP contribution < -0.4 is 15.0 Å². The number of hydrogen-bond acceptors (Lipinski definition) is 4. The number of morpholine rings is 1. The van der Waals surface area contributed by atoms with Crippen molar-refractivity contribution in [3.63, 3.8) is 0 Å². The average Bonchev–Trinajstić information content (AvgIpc) is 2.68. The van der Waals surface area contributed by atoms with E-state index in [-0.39, 0.29) is 17.0 Å². The highest BCUT2D eigenvalue weighted by Crippen LogP contribution is 2.38. The van der Waals surface area contributed by atoms with Gasteiger partial charge in [0.05, 0.1) is 37.1 Å². The third-order valence-corrected chi connectivity index (χ3v) is 4.28. The molecule has 1 heterocycles. The summed E-state index contributed by atoms with van der Waals surface area (Å²) in [5, 5.41) is 2.36. The summed E-state index contributed by atoms with van der Waals surface area (Å²) in [5.74, 6) is -0.384. The molecule has 0 aromatic heterocycles. The lowest BCUT2D eigenvalue weighted by molar-refractivity contribution is -0.136. The first kappa shape index (κ1) is 19.0. The fraction of sp³-hybridized carbons (Fsp3) is 0.316. The van der Waals surface area contributed by atoms with E-state index in [0.717, 1.165) is 6.07 Å². The largest absolute Gasteiger partial charge is 0.496 e. The van der Waals surface area contributed by atoms with E-state index in [1.165, 1.54) is 19.2 Å². The van der Waals surface area contributed by atoms with Crippen LogP contribution in [0.25, 0.3) is 0 Å². The molecule has 3 rings (SSSR count). The molecule has 0 spiro atoms. The minimum atomic E-state index is -4.61. The fourth-order valence-corrected chi connectivity index (χ4v) is 2.92. The van der Waals surface area contributed by atoms with Crippen molar-refractivity contribution in [3.8, 4) is 5.75 Å². The number of hydrogen-bond donors (Lipinski definition) is 1. The summed E-state index contributed by atoms with van der Waals surface area (Å²) in [5.41, 5.74) is -0.587. The maximum atomic E-state index is 13.6. The fourth-order valence-electron chi connectivity index (χ4n) is 2.92. The van der Waals surface area contributed by atoms with Gasteiger partial charge in [0, 0.05) is 18.8 Å². The summed E-state index contributed by atoms with van der Waals surface area (Å²) in [4.78, 5) is 14.3. The standard InChI is InChI=1S/C19H19F3N2O3/c1-26-17-5-3-2-4-14(17)18(25)23-16-7-6-13(12-15(16)19(20,21)22)24-8-10-27-11-9-24/h2-7,12H,8-11H2,1H3,(H,23,25). The molecular weight excluding hydrogens is 361 g/mol. The highest BCUT2D eigenvalue weighted by molar-refractivity contribution is 6.06. The van der Waals surface area contributed by atoms with Crippen LogP contribution in [0.5, 0.6) is 5.75 Å². The molecule has 0 atom stereocenters. The van der Waals surface area contributed by atoms with E-state index >= 15 is 0 Å². The average molecular weight is 380 g/mol. The number of rotatable bonds is 4. The van der Waals surface area contributed by atoms with E-state index in [1.54, 1.807) is 24.3 Å². The molecule has 1 aliphatic rings. The van der Waals surface area contributed by atoms with Gasteiger partial charge in [0.2, 0.25) is 0 Å². The lowest BCUT2D eigenvalue weighted by Gasteiger charge is -2.29. The van der Waals surface area contributed by atoms with Crippen molar-refractivity contribution in [2.24, 2.45) is 0 Å². The normalized spacial score (nSPS) is 14.7. The van der Waals surface area contributed by atoms with E-state index in [0.29, 0.717) is 32.0 Å². The minimum Gasteiger partial charge on any atom is -0.496 e. The minimum absolute atomic E-state index is 0.158. The number of methoxy groups -OCH3 is 1. The van der Waals surface area contributed by atoms with Gasteiger partial charge in [0.25, 0.3) is 5.91 Å². The molecule has 1 N–H and O–H groups in total. The van der Waals surface area contributed by atoms with Gasteiger partial charge in [-0.15, -0.1) is 0 Å². The van der Waals surface area contributed by atoms with Crippen molar-refractivity contribution in [2.75, 3.05) is 43.6 Å². The van der Waals surface area contributed by atoms with E-state index in [2.05, 4.69) is 5.32 Å². The molecule has 1 fully saturated rings. The maximum Gasteiger partial charge on any atom is 0.418 e. The van der Waals surface area contributed by atoms with E-state index in [1.807, 2.05) is 4.90 Å². The van der Waals surface area contributed by atoms with Gasteiger partial charge in [-0.3, -0.25) is 4.79 Å². The predicted molar refractivity (Wildman–Crippen MR) is 95.4 cm³/mol. The zero-order chi connectivity index (χ0) is 19.4. The van der Waals surface area contributed by atoms with Crippen LogP contribution >= 0.6 is 0 Å². The Bertz CT molecular complexity index is 818. The van der Waals surface area contributed by atoms with Gasteiger partial charge in [0.1, 0.15) is 5.75 Å². The van der Waals surface area contributed by atoms with Gasteiger partial charge in [-0.05, 0) is 30.3 Å². The molecule has 1 aliphatic heterocycles. The summed E-state index contributed by atoms with van der Waals surface area (Å²) in [6.07, 6.45) is -4.61. The molecule has 27 heavy (non-hydrogen) atoms. The predicted octanol–water partition coefficient (Wildman–Crippen LogP) is 3.80. The van der Waals surface area contributed by atoms with Crippen LogP contribution in [0.15, 0.2) is 42.5 Å². The Labute approximate surface area is 154 Å². The second-order valence-electron chi connectivity index (χ2n) is 5.98. The van der Waals surface area contributed by atoms with E-state index < -0.39 is 17.6 Å². The topological polar surface area (TPSA) is 50.8 Å². The Morgan fingerprint density at radius 2 is 1.85 bits per heavy atom. The van der Waals surface area contributed by atoms with Crippen molar-refractivity contribution in [1.29, 1.82) is 0 Å². The zero-order valence-corrected chi connectivity index (χ0v) is 14.7. The number of ether oxygens (including phenoxy) is 2. The molecule has 0 radical (unpaired) electrons. The van der Waals surface area contributed by atoms with Crippen LogP contribution in [0, 0.1) is 0 Å². The van der Waals surface area contributed by atoms with Crippen molar-refractivity contribution in [1.82, 2.24) is 0 Å². The summed E-state index contributed by atoms with van der Waals surface area (Å²) in [7, 11) is 1.39. The number of para-hydroxylation sites is 1. The molecule has 2 aromatic rings. The smallest absolute Gasteiger partial charge is 0.418 e. The summed E-state index contributed by atoms with van der Waals surface area (Å²) >= 11 is 0. The second-order valence-corrected chi connectivity index (χ2v) is 5.98. The van der Waals surface area contributed by atoms with Gasteiger partial charge in [0.15, 0.2) is 0 Å². The number of benzene rings is 2.